The highest BCUT2D eigenvalue weighted by Gasteiger charge is 2.13. The van der Waals surface area contributed by atoms with Crippen LogP contribution in [0.3, 0.4) is 0 Å². The second-order valence-corrected chi connectivity index (χ2v) is 6.21. The normalized spacial score (nSPS) is 13.6. The number of hydrogen-bond acceptors (Lipinski definition) is 2. The molecule has 0 amide bonds. The van der Waals surface area contributed by atoms with Gasteiger partial charge < -0.3 is 5.73 Å². The highest BCUT2D eigenvalue weighted by molar-refractivity contribution is 7.99. The molecule has 0 atom stereocenters. The van der Waals surface area contributed by atoms with Crippen molar-refractivity contribution in [2.24, 2.45) is 0 Å². The first-order chi connectivity index (χ1) is 9.13. The summed E-state index contributed by atoms with van der Waals surface area (Å²) in [5.41, 5.74) is 9.22. The van der Waals surface area contributed by atoms with Crippen LogP contribution in [0.4, 0.5) is 10.1 Å². The van der Waals surface area contributed by atoms with Gasteiger partial charge in [-0.25, -0.2) is 4.39 Å². The zero-order valence-electron chi connectivity index (χ0n) is 10.2. The number of nitrogens with two attached hydrogens (primary N) is 1. The summed E-state index contributed by atoms with van der Waals surface area (Å²) in [4.78, 5) is 1.80. The Balaban J connectivity index is 1.91. The van der Waals surface area contributed by atoms with Gasteiger partial charge in [0.05, 0.1) is 5.02 Å². The summed E-state index contributed by atoms with van der Waals surface area (Å²) in [7, 11) is 0. The van der Waals surface area contributed by atoms with E-state index in [2.05, 4.69) is 18.2 Å². The average molecular weight is 294 g/mol. The van der Waals surface area contributed by atoms with Crippen LogP contribution < -0.4 is 5.73 Å². The monoisotopic (exact) mass is 293 g/mol. The van der Waals surface area contributed by atoms with Crippen molar-refractivity contribution in [1.29, 1.82) is 0 Å². The molecule has 4 heteroatoms. The van der Waals surface area contributed by atoms with Crippen LogP contribution in [0.2, 0.25) is 5.02 Å². The van der Waals surface area contributed by atoms with Crippen molar-refractivity contribution >= 4 is 29.1 Å². The molecule has 2 aromatic carbocycles. The first-order valence-electron chi connectivity index (χ1n) is 6.17. The van der Waals surface area contributed by atoms with Crippen LogP contribution in [0.15, 0.2) is 40.1 Å². The van der Waals surface area contributed by atoms with Gasteiger partial charge in [-0.2, -0.15) is 0 Å². The zero-order valence-corrected chi connectivity index (χ0v) is 11.8. The Morgan fingerprint density at radius 1 is 1.11 bits per heavy atom. The second kappa shape index (κ2) is 5.06. The SMILES string of the molecule is Nc1cc(Cl)c(F)cc1Sc1ccc2c(c1)CCC2. The highest BCUT2D eigenvalue weighted by atomic mass is 35.5. The van der Waals surface area contributed by atoms with Crippen molar-refractivity contribution in [3.63, 3.8) is 0 Å². The first kappa shape index (κ1) is 12.8. The molecule has 0 saturated heterocycles. The molecule has 1 aliphatic rings. The molecular formula is C15H13ClFNS. The van der Waals surface area contributed by atoms with Gasteiger partial charge in [-0.05, 0) is 54.7 Å². The van der Waals surface area contributed by atoms with Crippen LogP contribution in [0.1, 0.15) is 17.5 Å². The molecule has 0 fully saturated rings. The van der Waals surface area contributed by atoms with Gasteiger partial charge in [-0.1, -0.05) is 29.4 Å². The van der Waals surface area contributed by atoms with Crippen molar-refractivity contribution in [3.8, 4) is 0 Å². The second-order valence-electron chi connectivity index (χ2n) is 4.69. The summed E-state index contributed by atoms with van der Waals surface area (Å²) in [6.07, 6.45) is 3.52. The lowest BCUT2D eigenvalue weighted by Crippen LogP contribution is -1.91. The number of halogens is 2. The van der Waals surface area contributed by atoms with E-state index in [1.165, 1.54) is 41.4 Å². The Morgan fingerprint density at radius 3 is 2.74 bits per heavy atom. The summed E-state index contributed by atoms with van der Waals surface area (Å²) >= 11 is 7.18. The van der Waals surface area contributed by atoms with E-state index in [1.807, 2.05) is 0 Å². The number of anilines is 1. The molecule has 0 aromatic heterocycles. The predicted octanol–water partition coefficient (Wildman–Crippen LogP) is 4.70. The number of benzene rings is 2. The molecule has 0 spiro atoms. The minimum atomic E-state index is -0.431. The van der Waals surface area contributed by atoms with E-state index in [-0.39, 0.29) is 5.02 Å². The first-order valence-corrected chi connectivity index (χ1v) is 7.37. The fourth-order valence-corrected chi connectivity index (χ4v) is 3.47. The Hall–Kier alpha value is -1.19. The third kappa shape index (κ3) is 2.58. The molecule has 3 rings (SSSR count). The van der Waals surface area contributed by atoms with Crippen LogP contribution >= 0.6 is 23.4 Å². The van der Waals surface area contributed by atoms with Crippen molar-refractivity contribution in [3.05, 3.63) is 52.3 Å². The van der Waals surface area contributed by atoms with Gasteiger partial charge in [-0.3, -0.25) is 0 Å². The molecule has 0 heterocycles. The van der Waals surface area contributed by atoms with Gasteiger partial charge in [0, 0.05) is 15.5 Å². The lowest BCUT2D eigenvalue weighted by Gasteiger charge is -2.08. The molecule has 1 aliphatic carbocycles. The molecule has 19 heavy (non-hydrogen) atoms. The molecular weight excluding hydrogens is 281 g/mol. The van der Waals surface area contributed by atoms with Crippen molar-refractivity contribution in [2.45, 2.75) is 29.1 Å². The van der Waals surface area contributed by atoms with Gasteiger partial charge in [0.2, 0.25) is 0 Å². The van der Waals surface area contributed by atoms with E-state index in [9.17, 15) is 4.39 Å². The van der Waals surface area contributed by atoms with Gasteiger partial charge in [-0.15, -0.1) is 0 Å². The zero-order chi connectivity index (χ0) is 13.4. The number of nitrogen functional groups attached to an aromatic ring is 1. The Morgan fingerprint density at radius 2 is 1.89 bits per heavy atom. The summed E-state index contributed by atoms with van der Waals surface area (Å²) in [6, 6.07) is 9.27. The molecule has 0 saturated carbocycles. The predicted molar refractivity (Wildman–Crippen MR) is 78.4 cm³/mol. The Bertz CT molecular complexity index is 642. The molecule has 0 radical (unpaired) electrons. The maximum Gasteiger partial charge on any atom is 0.143 e. The minimum absolute atomic E-state index is 0.0656. The van der Waals surface area contributed by atoms with Gasteiger partial charge in [0.15, 0.2) is 0 Å². The van der Waals surface area contributed by atoms with Gasteiger partial charge in [0.1, 0.15) is 5.82 Å². The van der Waals surface area contributed by atoms with Gasteiger partial charge in [0.25, 0.3) is 0 Å². The summed E-state index contributed by atoms with van der Waals surface area (Å²) in [5.74, 6) is -0.431. The smallest absolute Gasteiger partial charge is 0.143 e. The van der Waals surface area contributed by atoms with E-state index in [0.717, 1.165) is 17.7 Å². The van der Waals surface area contributed by atoms with E-state index < -0.39 is 5.82 Å². The fourth-order valence-electron chi connectivity index (χ4n) is 2.37. The van der Waals surface area contributed by atoms with Crippen molar-refractivity contribution in [1.82, 2.24) is 0 Å². The number of fused-ring (bicyclic) bond motifs is 1. The number of rotatable bonds is 2. The van der Waals surface area contributed by atoms with Crippen molar-refractivity contribution in [2.75, 3.05) is 5.73 Å². The largest absolute Gasteiger partial charge is 0.398 e. The summed E-state index contributed by atoms with van der Waals surface area (Å²) in [6.45, 7) is 0. The molecule has 98 valence electrons. The van der Waals surface area contributed by atoms with Gasteiger partial charge >= 0.3 is 0 Å². The topological polar surface area (TPSA) is 26.0 Å². The van der Waals surface area contributed by atoms with Crippen molar-refractivity contribution < 1.29 is 4.39 Å². The lowest BCUT2D eigenvalue weighted by molar-refractivity contribution is 0.625. The standard InChI is InChI=1S/C15H13ClFNS/c16-12-7-14(18)15(8-13(12)17)19-11-5-4-9-2-1-3-10(9)6-11/h4-8H,1-3,18H2. The maximum absolute atomic E-state index is 13.5. The third-order valence-corrected chi connectivity index (χ3v) is 4.70. The maximum atomic E-state index is 13.5. The molecule has 0 aliphatic heterocycles. The van der Waals surface area contributed by atoms with Crippen LogP contribution in [-0.4, -0.2) is 0 Å². The number of hydrogen-bond donors (Lipinski definition) is 1. The third-order valence-electron chi connectivity index (χ3n) is 3.35. The number of aryl methyl sites for hydroxylation is 2. The lowest BCUT2D eigenvalue weighted by atomic mass is 10.1. The Labute approximate surface area is 121 Å². The highest BCUT2D eigenvalue weighted by Crippen LogP contribution is 2.36. The van der Waals surface area contributed by atoms with E-state index in [0.29, 0.717) is 10.6 Å². The molecule has 0 bridgehead atoms. The van der Waals surface area contributed by atoms with Crippen LogP contribution in [0, 0.1) is 5.82 Å². The molecule has 2 N–H and O–H groups in total. The molecule has 2 aromatic rings. The average Bonchev–Trinajstić information content (AvgIpc) is 2.83. The van der Waals surface area contributed by atoms with Crippen LogP contribution in [-0.2, 0) is 12.8 Å². The molecule has 0 unspecified atom stereocenters. The van der Waals surface area contributed by atoms with E-state index in [1.54, 1.807) is 0 Å². The molecule has 1 nitrogen and oxygen atoms in total. The van der Waals surface area contributed by atoms with E-state index >= 15 is 0 Å². The summed E-state index contributed by atoms with van der Waals surface area (Å²) < 4.78 is 13.5. The minimum Gasteiger partial charge on any atom is -0.398 e. The quantitative estimate of drug-likeness (QED) is 0.812. The fraction of sp³-hybridized carbons (Fsp3) is 0.200. The summed E-state index contributed by atoms with van der Waals surface area (Å²) in [5, 5.41) is 0.0656. The van der Waals surface area contributed by atoms with Crippen LogP contribution in [0.5, 0.6) is 0 Å². The van der Waals surface area contributed by atoms with E-state index in [4.69, 9.17) is 17.3 Å². The Kier molecular flexibility index (Phi) is 3.42. The van der Waals surface area contributed by atoms with Crippen LogP contribution in [0.25, 0.3) is 0 Å².